The molecule has 2 aromatic rings. The van der Waals surface area contributed by atoms with E-state index in [9.17, 15) is 13.2 Å². The number of carbonyl (C=O) groups is 1. The van der Waals surface area contributed by atoms with Crippen molar-refractivity contribution in [3.8, 4) is 11.5 Å². The Kier molecular flexibility index (Phi) is 7.29. The molecule has 0 aromatic heterocycles. The molecule has 7 nitrogen and oxygen atoms in total. The predicted molar refractivity (Wildman–Crippen MR) is 107 cm³/mol. The van der Waals surface area contributed by atoms with Crippen molar-refractivity contribution in [2.24, 2.45) is 0 Å². The summed E-state index contributed by atoms with van der Waals surface area (Å²) in [6.45, 7) is 1.46. The molecule has 0 aliphatic heterocycles. The number of hydrogen-bond donors (Lipinski definition) is 1. The highest BCUT2D eigenvalue weighted by Crippen LogP contribution is 2.29. The van der Waals surface area contributed by atoms with Crippen molar-refractivity contribution in [2.75, 3.05) is 27.8 Å². The van der Waals surface area contributed by atoms with E-state index in [-0.39, 0.29) is 28.3 Å². The normalized spacial score (nSPS) is 12.5. The zero-order valence-corrected chi connectivity index (χ0v) is 17.7. The van der Waals surface area contributed by atoms with E-state index in [2.05, 4.69) is 5.32 Å². The summed E-state index contributed by atoms with van der Waals surface area (Å²) < 4.78 is 36.8. The van der Waals surface area contributed by atoms with Crippen LogP contribution in [-0.4, -0.2) is 46.4 Å². The predicted octanol–water partition coefficient (Wildman–Crippen LogP) is 2.86. The summed E-state index contributed by atoms with van der Waals surface area (Å²) in [7, 11) is 0.306. The molecular weight excluding hydrogens is 404 g/mol. The molecule has 0 spiro atoms. The Morgan fingerprint density at radius 2 is 1.79 bits per heavy atom. The van der Waals surface area contributed by atoms with Gasteiger partial charge in [0.25, 0.3) is 0 Å². The molecule has 1 N–H and O–H groups in total. The van der Waals surface area contributed by atoms with E-state index >= 15 is 0 Å². The van der Waals surface area contributed by atoms with Gasteiger partial charge >= 0.3 is 0 Å². The third-order valence-electron chi connectivity index (χ3n) is 4.17. The van der Waals surface area contributed by atoms with Gasteiger partial charge in [0.05, 0.1) is 26.8 Å². The zero-order chi connectivity index (χ0) is 20.9. The van der Waals surface area contributed by atoms with E-state index in [4.69, 9.17) is 21.1 Å². The minimum atomic E-state index is -3.96. The lowest BCUT2D eigenvalue weighted by molar-refractivity contribution is -0.121. The summed E-state index contributed by atoms with van der Waals surface area (Å²) in [5.74, 6) is 0.433. The van der Waals surface area contributed by atoms with Gasteiger partial charge in [-0.2, -0.15) is 4.31 Å². The van der Waals surface area contributed by atoms with Gasteiger partial charge in [-0.15, -0.1) is 0 Å². The Labute approximate surface area is 170 Å². The number of sulfonamides is 1. The molecule has 0 saturated carbocycles. The van der Waals surface area contributed by atoms with Crippen LogP contribution >= 0.6 is 11.6 Å². The van der Waals surface area contributed by atoms with E-state index in [1.165, 1.54) is 32.4 Å². The largest absolute Gasteiger partial charge is 0.497 e. The van der Waals surface area contributed by atoms with Crippen molar-refractivity contribution >= 4 is 27.5 Å². The molecule has 0 bridgehead atoms. The standard InChI is InChI=1S/C19H23ClN2O5S/c1-13(14-5-8-16(26-3)9-6-14)21-19(23)12-22(2)28(24,25)18-11-15(20)7-10-17(18)27-4/h5-11,13H,12H2,1-4H3,(H,21,23)/t13-/m1/s1. The van der Waals surface area contributed by atoms with Crippen molar-refractivity contribution in [3.63, 3.8) is 0 Å². The SMILES string of the molecule is COc1ccc([C@@H](C)NC(=O)CN(C)S(=O)(=O)c2cc(Cl)ccc2OC)cc1. The first kappa shape index (κ1) is 22.0. The molecule has 0 heterocycles. The molecule has 0 aliphatic rings. The molecule has 9 heteroatoms. The van der Waals surface area contributed by atoms with Crippen molar-refractivity contribution < 1.29 is 22.7 Å². The maximum Gasteiger partial charge on any atom is 0.247 e. The third kappa shape index (κ3) is 5.15. The molecule has 0 unspecified atom stereocenters. The van der Waals surface area contributed by atoms with Gasteiger partial charge in [0.15, 0.2) is 0 Å². The maximum atomic E-state index is 12.8. The molecule has 152 valence electrons. The van der Waals surface area contributed by atoms with Crippen LogP contribution in [0.1, 0.15) is 18.5 Å². The van der Waals surface area contributed by atoms with Crippen LogP contribution in [0.2, 0.25) is 5.02 Å². The number of halogens is 1. The number of benzene rings is 2. The molecule has 2 aromatic carbocycles. The van der Waals surface area contributed by atoms with Crippen LogP contribution in [0.3, 0.4) is 0 Å². The molecule has 0 fully saturated rings. The highest BCUT2D eigenvalue weighted by molar-refractivity contribution is 7.89. The van der Waals surface area contributed by atoms with Crippen LogP contribution in [0, 0.1) is 0 Å². The first-order valence-corrected chi connectivity index (χ1v) is 10.2. The molecule has 28 heavy (non-hydrogen) atoms. The molecule has 2 rings (SSSR count). The van der Waals surface area contributed by atoms with E-state index in [1.807, 2.05) is 19.1 Å². The van der Waals surface area contributed by atoms with Gasteiger partial charge in [-0.1, -0.05) is 23.7 Å². The summed E-state index contributed by atoms with van der Waals surface area (Å²) in [5, 5.41) is 3.04. The minimum Gasteiger partial charge on any atom is -0.497 e. The second-order valence-corrected chi connectivity index (χ2v) is 8.57. The number of ether oxygens (including phenoxy) is 2. The highest BCUT2D eigenvalue weighted by atomic mass is 35.5. The zero-order valence-electron chi connectivity index (χ0n) is 16.1. The van der Waals surface area contributed by atoms with E-state index < -0.39 is 15.9 Å². The van der Waals surface area contributed by atoms with Gasteiger partial charge in [-0.3, -0.25) is 4.79 Å². The number of nitrogens with zero attached hydrogens (tertiary/aromatic N) is 1. The topological polar surface area (TPSA) is 84.9 Å². The third-order valence-corrected chi connectivity index (χ3v) is 6.23. The van der Waals surface area contributed by atoms with Gasteiger partial charge in [-0.25, -0.2) is 8.42 Å². The fourth-order valence-corrected chi connectivity index (χ4v) is 4.11. The average Bonchev–Trinajstić information content (AvgIpc) is 2.67. The Bertz CT molecular complexity index is 932. The molecular formula is C19H23ClN2O5S. The molecule has 1 atom stereocenters. The smallest absolute Gasteiger partial charge is 0.247 e. The summed E-state index contributed by atoms with van der Waals surface area (Å²) >= 11 is 5.92. The molecule has 1 amide bonds. The Balaban J connectivity index is 2.09. The fraction of sp³-hybridized carbons (Fsp3) is 0.316. The van der Waals surface area contributed by atoms with Gasteiger partial charge < -0.3 is 14.8 Å². The number of likely N-dealkylation sites (N-methyl/N-ethyl adjacent to an activating group) is 1. The minimum absolute atomic E-state index is 0.0963. The van der Waals surface area contributed by atoms with E-state index in [0.29, 0.717) is 5.75 Å². The lowest BCUT2D eigenvalue weighted by atomic mass is 10.1. The van der Waals surface area contributed by atoms with Crippen LogP contribution in [0.25, 0.3) is 0 Å². The highest BCUT2D eigenvalue weighted by Gasteiger charge is 2.27. The number of hydrogen-bond acceptors (Lipinski definition) is 5. The summed E-state index contributed by atoms with van der Waals surface area (Å²) in [6, 6.07) is 11.2. The number of nitrogens with one attached hydrogen (secondary N) is 1. The summed E-state index contributed by atoms with van der Waals surface area (Å²) in [6.07, 6.45) is 0. The van der Waals surface area contributed by atoms with E-state index in [0.717, 1.165) is 9.87 Å². The van der Waals surface area contributed by atoms with Crippen LogP contribution in [0.5, 0.6) is 11.5 Å². The number of carbonyl (C=O) groups excluding carboxylic acids is 1. The molecule has 0 radical (unpaired) electrons. The number of amides is 1. The number of methoxy groups -OCH3 is 2. The monoisotopic (exact) mass is 426 g/mol. The van der Waals surface area contributed by atoms with Crippen molar-refractivity contribution in [2.45, 2.75) is 17.9 Å². The Morgan fingerprint density at radius 1 is 1.14 bits per heavy atom. The van der Waals surface area contributed by atoms with Crippen molar-refractivity contribution in [1.29, 1.82) is 0 Å². The summed E-state index contributed by atoms with van der Waals surface area (Å²) in [4.78, 5) is 12.3. The van der Waals surface area contributed by atoms with Crippen molar-refractivity contribution in [3.05, 3.63) is 53.1 Å². The van der Waals surface area contributed by atoms with Gasteiger partial charge in [-0.05, 0) is 42.8 Å². The van der Waals surface area contributed by atoms with Crippen LogP contribution in [0.15, 0.2) is 47.4 Å². The fourth-order valence-electron chi connectivity index (χ4n) is 2.57. The lowest BCUT2D eigenvalue weighted by Crippen LogP contribution is -2.39. The van der Waals surface area contributed by atoms with Gasteiger partial charge in [0.1, 0.15) is 16.4 Å². The summed E-state index contributed by atoms with van der Waals surface area (Å²) in [5.41, 5.74) is 0.871. The maximum absolute atomic E-state index is 12.8. The van der Waals surface area contributed by atoms with Gasteiger partial charge in [0, 0.05) is 12.1 Å². The lowest BCUT2D eigenvalue weighted by Gasteiger charge is -2.20. The van der Waals surface area contributed by atoms with Gasteiger partial charge in [0.2, 0.25) is 15.9 Å². The van der Waals surface area contributed by atoms with Crippen LogP contribution in [0.4, 0.5) is 0 Å². The second kappa shape index (κ2) is 9.27. The Morgan fingerprint density at radius 3 is 2.36 bits per heavy atom. The van der Waals surface area contributed by atoms with Crippen molar-refractivity contribution in [1.82, 2.24) is 9.62 Å². The van der Waals surface area contributed by atoms with Crippen LogP contribution < -0.4 is 14.8 Å². The average molecular weight is 427 g/mol. The Hall–Kier alpha value is -2.29. The second-order valence-electron chi connectivity index (χ2n) is 6.12. The number of rotatable bonds is 8. The quantitative estimate of drug-likeness (QED) is 0.701. The first-order chi connectivity index (χ1) is 13.2. The molecule has 0 saturated heterocycles. The van der Waals surface area contributed by atoms with E-state index in [1.54, 1.807) is 19.2 Å². The van der Waals surface area contributed by atoms with Crippen LogP contribution in [-0.2, 0) is 14.8 Å². The first-order valence-electron chi connectivity index (χ1n) is 8.42. The molecule has 0 aliphatic carbocycles.